The number of H-pyrrole nitrogens is 1. The van der Waals surface area contributed by atoms with Gasteiger partial charge in [0, 0.05) is 12.5 Å². The Morgan fingerprint density at radius 1 is 1.29 bits per heavy atom. The molecule has 3 N–H and O–H groups in total. The van der Waals surface area contributed by atoms with Gasteiger partial charge in [-0.15, -0.1) is 0 Å². The molecule has 1 atom stereocenters. The fourth-order valence-corrected chi connectivity index (χ4v) is 2.81. The van der Waals surface area contributed by atoms with Gasteiger partial charge in [-0.2, -0.15) is 0 Å². The molecule has 0 saturated carbocycles. The van der Waals surface area contributed by atoms with Crippen molar-refractivity contribution in [1.29, 1.82) is 0 Å². The Labute approximate surface area is 127 Å². The summed E-state index contributed by atoms with van der Waals surface area (Å²) < 4.78 is 5.24. The van der Waals surface area contributed by atoms with Gasteiger partial charge in [-0.1, -0.05) is 20.8 Å². The maximum atomic E-state index is 5.75. The maximum absolute atomic E-state index is 5.75. The third-order valence-corrected chi connectivity index (χ3v) is 4.21. The van der Waals surface area contributed by atoms with Crippen LogP contribution < -0.4 is 10.5 Å². The number of hydrogen-bond donors (Lipinski definition) is 2. The number of aryl methyl sites for hydroxylation is 1. The first-order valence-corrected chi connectivity index (χ1v) is 7.66. The highest BCUT2D eigenvalue weighted by Crippen LogP contribution is 2.32. The average molecular weight is 289 g/mol. The molecule has 4 nitrogen and oxygen atoms in total. The quantitative estimate of drug-likeness (QED) is 0.855. The summed E-state index contributed by atoms with van der Waals surface area (Å²) in [6, 6.07) is 5.93. The number of fused-ring (bicyclic) bond motifs is 1. The summed E-state index contributed by atoms with van der Waals surface area (Å²) in [5.74, 6) is 2.52. The lowest BCUT2D eigenvalue weighted by molar-refractivity contribution is 0.214. The molecule has 0 aliphatic carbocycles. The Hall–Kier alpha value is -1.55. The summed E-state index contributed by atoms with van der Waals surface area (Å²) in [6.45, 7) is 7.61. The number of nitrogens with one attached hydrogen (secondary N) is 1. The Bertz CT molecular complexity index is 583. The van der Waals surface area contributed by atoms with Crippen molar-refractivity contribution in [2.45, 2.75) is 40.0 Å². The van der Waals surface area contributed by atoms with Crippen LogP contribution in [0.4, 0.5) is 0 Å². The first-order valence-electron chi connectivity index (χ1n) is 7.66. The van der Waals surface area contributed by atoms with E-state index in [0.717, 1.165) is 48.4 Å². The smallest absolute Gasteiger partial charge is 0.121 e. The number of hydrogen-bond acceptors (Lipinski definition) is 3. The molecule has 116 valence electrons. The maximum Gasteiger partial charge on any atom is 0.121 e. The fraction of sp³-hybridized carbons (Fsp3) is 0.588. The van der Waals surface area contributed by atoms with Crippen LogP contribution in [0.25, 0.3) is 11.0 Å². The second-order valence-electron chi connectivity index (χ2n) is 6.75. The molecule has 0 fully saturated rings. The minimum Gasteiger partial charge on any atom is -0.497 e. The van der Waals surface area contributed by atoms with Gasteiger partial charge in [0.2, 0.25) is 0 Å². The number of aromatic amines is 1. The van der Waals surface area contributed by atoms with Crippen LogP contribution >= 0.6 is 0 Å². The summed E-state index contributed by atoms with van der Waals surface area (Å²) in [7, 11) is 1.68. The summed E-state index contributed by atoms with van der Waals surface area (Å²) in [5, 5.41) is 0. The van der Waals surface area contributed by atoms with Gasteiger partial charge in [-0.05, 0) is 42.9 Å². The van der Waals surface area contributed by atoms with Crippen molar-refractivity contribution in [3.8, 4) is 5.75 Å². The molecule has 2 aromatic rings. The lowest BCUT2D eigenvalue weighted by atomic mass is 9.76. The molecular weight excluding hydrogens is 262 g/mol. The monoisotopic (exact) mass is 289 g/mol. The number of nitrogens with two attached hydrogens (primary N) is 1. The van der Waals surface area contributed by atoms with Crippen LogP contribution in [-0.2, 0) is 6.42 Å². The highest BCUT2D eigenvalue weighted by Gasteiger charge is 2.23. The Balaban J connectivity index is 2.08. The molecule has 2 rings (SSSR count). The van der Waals surface area contributed by atoms with E-state index < -0.39 is 0 Å². The van der Waals surface area contributed by atoms with Crippen LogP contribution in [-0.4, -0.2) is 23.6 Å². The van der Waals surface area contributed by atoms with E-state index in [9.17, 15) is 0 Å². The number of nitrogens with zero attached hydrogens (tertiary/aromatic N) is 1. The van der Waals surface area contributed by atoms with E-state index in [2.05, 4.69) is 30.7 Å². The van der Waals surface area contributed by atoms with E-state index in [1.54, 1.807) is 7.11 Å². The lowest BCUT2D eigenvalue weighted by Gasteiger charge is -2.30. The molecule has 0 aliphatic heterocycles. The molecule has 4 heteroatoms. The zero-order valence-electron chi connectivity index (χ0n) is 13.6. The van der Waals surface area contributed by atoms with Crippen molar-refractivity contribution in [1.82, 2.24) is 9.97 Å². The molecule has 1 aromatic heterocycles. The van der Waals surface area contributed by atoms with Crippen LogP contribution in [0.15, 0.2) is 18.2 Å². The number of rotatable bonds is 6. The van der Waals surface area contributed by atoms with Gasteiger partial charge in [-0.25, -0.2) is 4.98 Å². The summed E-state index contributed by atoms with van der Waals surface area (Å²) in [6.07, 6.45) is 3.13. The van der Waals surface area contributed by atoms with Gasteiger partial charge in [0.1, 0.15) is 11.6 Å². The predicted molar refractivity (Wildman–Crippen MR) is 87.6 cm³/mol. The van der Waals surface area contributed by atoms with Crippen molar-refractivity contribution >= 4 is 11.0 Å². The second kappa shape index (κ2) is 6.48. The topological polar surface area (TPSA) is 63.9 Å². The molecule has 0 saturated heterocycles. The van der Waals surface area contributed by atoms with Gasteiger partial charge in [0.15, 0.2) is 0 Å². The highest BCUT2D eigenvalue weighted by atomic mass is 16.5. The molecule has 0 aliphatic rings. The summed E-state index contributed by atoms with van der Waals surface area (Å²) >= 11 is 0. The molecule has 0 bridgehead atoms. The third kappa shape index (κ3) is 3.97. The number of benzene rings is 1. The van der Waals surface area contributed by atoms with Gasteiger partial charge in [0.05, 0.1) is 18.1 Å². The van der Waals surface area contributed by atoms with E-state index in [0.29, 0.717) is 5.92 Å². The molecule has 0 spiro atoms. The first kappa shape index (κ1) is 15.8. The molecule has 21 heavy (non-hydrogen) atoms. The minimum atomic E-state index is 0.286. The number of imidazole rings is 1. The first-order chi connectivity index (χ1) is 9.94. The van der Waals surface area contributed by atoms with Crippen LogP contribution in [0, 0.1) is 11.3 Å². The van der Waals surface area contributed by atoms with Crippen LogP contribution in [0.3, 0.4) is 0 Å². The normalized spacial score (nSPS) is 13.6. The minimum absolute atomic E-state index is 0.286. The lowest BCUT2D eigenvalue weighted by Crippen LogP contribution is -2.24. The van der Waals surface area contributed by atoms with Crippen molar-refractivity contribution in [2.24, 2.45) is 17.1 Å². The van der Waals surface area contributed by atoms with Crippen LogP contribution in [0.5, 0.6) is 5.75 Å². The molecule has 0 radical (unpaired) electrons. The fourth-order valence-electron chi connectivity index (χ4n) is 2.81. The SMILES string of the molecule is COc1ccc2nc(CCC(CCN)C(C)(C)C)[nH]c2c1. The number of ether oxygens (including phenoxy) is 1. The highest BCUT2D eigenvalue weighted by molar-refractivity contribution is 5.76. The van der Waals surface area contributed by atoms with E-state index in [1.165, 1.54) is 0 Å². The van der Waals surface area contributed by atoms with Crippen molar-refractivity contribution in [3.05, 3.63) is 24.0 Å². The van der Waals surface area contributed by atoms with E-state index in [-0.39, 0.29) is 5.41 Å². The van der Waals surface area contributed by atoms with E-state index in [4.69, 9.17) is 10.5 Å². The molecule has 1 heterocycles. The Morgan fingerprint density at radius 3 is 2.67 bits per heavy atom. The van der Waals surface area contributed by atoms with Crippen LogP contribution in [0.2, 0.25) is 0 Å². The van der Waals surface area contributed by atoms with Gasteiger partial charge < -0.3 is 15.5 Å². The van der Waals surface area contributed by atoms with Crippen molar-refractivity contribution < 1.29 is 4.74 Å². The summed E-state index contributed by atoms with van der Waals surface area (Å²) in [5.41, 5.74) is 8.07. The van der Waals surface area contributed by atoms with Crippen molar-refractivity contribution in [2.75, 3.05) is 13.7 Å². The zero-order valence-corrected chi connectivity index (χ0v) is 13.6. The largest absolute Gasteiger partial charge is 0.497 e. The average Bonchev–Trinajstić information content (AvgIpc) is 2.83. The Kier molecular flexibility index (Phi) is 4.88. The summed E-state index contributed by atoms with van der Waals surface area (Å²) in [4.78, 5) is 8.06. The zero-order chi connectivity index (χ0) is 15.5. The molecular formula is C17H27N3O. The number of aromatic nitrogens is 2. The second-order valence-corrected chi connectivity index (χ2v) is 6.75. The molecule has 0 amide bonds. The number of methoxy groups -OCH3 is 1. The predicted octanol–water partition coefficient (Wildman–Crippen LogP) is 3.52. The van der Waals surface area contributed by atoms with E-state index in [1.807, 2.05) is 18.2 Å². The Morgan fingerprint density at radius 2 is 2.05 bits per heavy atom. The standard InChI is InChI=1S/C17H27N3O/c1-17(2,3)12(9-10-18)5-8-16-19-14-7-6-13(21-4)11-15(14)20-16/h6-7,11-12H,5,8-10,18H2,1-4H3,(H,19,20). The van der Waals surface area contributed by atoms with Gasteiger partial charge >= 0.3 is 0 Å². The third-order valence-electron chi connectivity index (χ3n) is 4.21. The van der Waals surface area contributed by atoms with Gasteiger partial charge in [-0.3, -0.25) is 0 Å². The molecule has 1 aromatic carbocycles. The van der Waals surface area contributed by atoms with Crippen molar-refractivity contribution in [3.63, 3.8) is 0 Å². The van der Waals surface area contributed by atoms with E-state index >= 15 is 0 Å². The molecule has 1 unspecified atom stereocenters. The van der Waals surface area contributed by atoms with Gasteiger partial charge in [0.25, 0.3) is 0 Å². The van der Waals surface area contributed by atoms with Crippen LogP contribution in [0.1, 0.15) is 39.4 Å².